The number of carbonyl (C=O) groups is 2. The molecule has 1 saturated carbocycles. The van der Waals surface area contributed by atoms with Gasteiger partial charge < -0.3 is 10.2 Å². The van der Waals surface area contributed by atoms with Crippen LogP contribution in [0.25, 0.3) is 0 Å². The van der Waals surface area contributed by atoms with E-state index in [0.717, 1.165) is 49.0 Å². The Morgan fingerprint density at radius 3 is 2.26 bits per heavy atom. The lowest BCUT2D eigenvalue weighted by Crippen LogP contribution is -2.52. The molecule has 2 aromatic carbocycles. The second-order valence-corrected chi connectivity index (χ2v) is 12.5. The molecule has 3 rings (SSSR count). The molecular weight excluding hydrogens is 602 g/mol. The lowest BCUT2D eigenvalue weighted by molar-refractivity contribution is -0.139. The molecule has 0 aromatic heterocycles. The van der Waals surface area contributed by atoms with E-state index in [9.17, 15) is 31.2 Å². The van der Waals surface area contributed by atoms with Crippen molar-refractivity contribution in [1.29, 1.82) is 0 Å². The highest BCUT2D eigenvalue weighted by Gasteiger charge is 2.36. The molecule has 2 amide bonds. The predicted octanol–water partition coefficient (Wildman–Crippen LogP) is 5.91. The van der Waals surface area contributed by atoms with E-state index in [4.69, 9.17) is 34.8 Å². The Hall–Kier alpha value is -2.21. The lowest BCUT2D eigenvalue weighted by Gasteiger charge is -2.32. The average Bonchev–Trinajstić information content (AvgIpc) is 3.33. The highest BCUT2D eigenvalue weighted by atomic mass is 35.5. The Kier molecular flexibility index (Phi) is 10.1. The molecule has 1 aliphatic rings. The van der Waals surface area contributed by atoms with Crippen LogP contribution in [0.1, 0.15) is 43.7 Å². The van der Waals surface area contributed by atoms with E-state index in [1.54, 1.807) is 12.1 Å². The number of carbonyl (C=O) groups excluding carboxylic acids is 2. The number of nitrogens with zero attached hydrogens (tertiary/aromatic N) is 2. The summed E-state index contributed by atoms with van der Waals surface area (Å²) in [5.41, 5.74) is -1.22. The molecule has 214 valence electrons. The standard InChI is InChI=1S/C25H27Cl3F3N3O4S/c1-15(24(36)32-18-5-3-4-6-18)33(13-16-7-8-17(26)11-22(16)28)23(35)14-34(39(2,37)38)19-9-10-21(27)20(12-19)25(29,30)31/h7-12,15,18H,3-6,13-14H2,1-2H3,(H,32,36)/t15-/m0/s1. The molecule has 1 aliphatic carbocycles. The maximum Gasteiger partial charge on any atom is 0.417 e. The van der Waals surface area contributed by atoms with Gasteiger partial charge in [0.25, 0.3) is 0 Å². The number of benzene rings is 2. The molecule has 0 heterocycles. The van der Waals surface area contributed by atoms with Crippen molar-refractivity contribution < 1.29 is 31.2 Å². The summed E-state index contributed by atoms with van der Waals surface area (Å²) in [4.78, 5) is 27.8. The van der Waals surface area contributed by atoms with Crippen molar-refractivity contribution in [3.8, 4) is 0 Å². The van der Waals surface area contributed by atoms with Crippen LogP contribution in [0.4, 0.5) is 18.9 Å². The van der Waals surface area contributed by atoms with Crippen molar-refractivity contribution in [1.82, 2.24) is 10.2 Å². The largest absolute Gasteiger partial charge is 0.417 e. The fourth-order valence-corrected chi connectivity index (χ4v) is 5.84. The number of hydrogen-bond donors (Lipinski definition) is 1. The molecule has 0 unspecified atom stereocenters. The van der Waals surface area contributed by atoms with Crippen molar-refractivity contribution in [2.45, 2.75) is 57.4 Å². The minimum Gasteiger partial charge on any atom is -0.352 e. The molecule has 1 fully saturated rings. The number of hydrogen-bond acceptors (Lipinski definition) is 4. The Morgan fingerprint density at radius 2 is 1.69 bits per heavy atom. The quantitative estimate of drug-likeness (QED) is 0.374. The van der Waals surface area contributed by atoms with Gasteiger partial charge in [-0.2, -0.15) is 13.2 Å². The maximum atomic E-state index is 13.6. The monoisotopic (exact) mass is 627 g/mol. The van der Waals surface area contributed by atoms with Gasteiger partial charge in [-0.3, -0.25) is 13.9 Å². The zero-order chi connectivity index (χ0) is 29.1. The number of anilines is 1. The fraction of sp³-hybridized carbons (Fsp3) is 0.440. The Balaban J connectivity index is 1.96. The van der Waals surface area contributed by atoms with Crippen LogP contribution in [-0.4, -0.2) is 50.0 Å². The SMILES string of the molecule is C[C@@H](C(=O)NC1CCCC1)N(Cc1ccc(Cl)cc1Cl)C(=O)CN(c1ccc(Cl)c(C(F)(F)F)c1)S(C)(=O)=O. The van der Waals surface area contributed by atoms with E-state index < -0.39 is 56.9 Å². The van der Waals surface area contributed by atoms with Gasteiger partial charge in [-0.05, 0) is 55.7 Å². The highest BCUT2D eigenvalue weighted by molar-refractivity contribution is 7.92. The summed E-state index contributed by atoms with van der Waals surface area (Å²) < 4.78 is 66.2. The molecule has 14 heteroatoms. The van der Waals surface area contributed by atoms with Gasteiger partial charge in [0.05, 0.1) is 22.5 Å². The summed E-state index contributed by atoms with van der Waals surface area (Å²) in [5.74, 6) is -1.28. The minimum atomic E-state index is -4.86. The van der Waals surface area contributed by atoms with E-state index in [1.165, 1.54) is 13.0 Å². The smallest absolute Gasteiger partial charge is 0.352 e. The molecule has 1 N–H and O–H groups in total. The van der Waals surface area contributed by atoms with Gasteiger partial charge in [0.2, 0.25) is 21.8 Å². The van der Waals surface area contributed by atoms with Crippen LogP contribution in [0.2, 0.25) is 15.1 Å². The first kappa shape index (κ1) is 31.3. The van der Waals surface area contributed by atoms with E-state index >= 15 is 0 Å². The van der Waals surface area contributed by atoms with Crippen LogP contribution in [0.3, 0.4) is 0 Å². The summed E-state index contributed by atoms with van der Waals surface area (Å²) in [6.07, 6.45) is -0.562. The number of alkyl halides is 3. The van der Waals surface area contributed by atoms with Crippen LogP contribution < -0.4 is 9.62 Å². The molecule has 0 saturated heterocycles. The number of sulfonamides is 1. The van der Waals surface area contributed by atoms with Crippen molar-refractivity contribution in [3.63, 3.8) is 0 Å². The molecule has 0 aliphatic heterocycles. The van der Waals surface area contributed by atoms with Crippen molar-refractivity contribution in [2.24, 2.45) is 0 Å². The van der Waals surface area contributed by atoms with E-state index in [-0.39, 0.29) is 17.6 Å². The topological polar surface area (TPSA) is 86.8 Å². The second-order valence-electron chi connectivity index (χ2n) is 9.35. The number of halogens is 6. The Bertz CT molecular complexity index is 1340. The zero-order valence-corrected chi connectivity index (χ0v) is 24.1. The Labute approximate surface area is 240 Å². The van der Waals surface area contributed by atoms with Gasteiger partial charge in [0.1, 0.15) is 12.6 Å². The van der Waals surface area contributed by atoms with Crippen LogP contribution in [0.5, 0.6) is 0 Å². The third-order valence-corrected chi connectivity index (χ3v) is 8.50. The third kappa shape index (κ3) is 8.15. The van der Waals surface area contributed by atoms with Gasteiger partial charge in [-0.15, -0.1) is 0 Å². The molecule has 39 heavy (non-hydrogen) atoms. The van der Waals surface area contributed by atoms with Gasteiger partial charge in [0.15, 0.2) is 0 Å². The van der Waals surface area contributed by atoms with Crippen LogP contribution >= 0.6 is 34.8 Å². The average molecular weight is 629 g/mol. The zero-order valence-electron chi connectivity index (χ0n) is 21.1. The minimum absolute atomic E-state index is 0.0432. The lowest BCUT2D eigenvalue weighted by atomic mass is 10.1. The number of nitrogens with one attached hydrogen (secondary N) is 1. The van der Waals surface area contributed by atoms with Crippen molar-refractivity contribution >= 4 is 62.3 Å². The maximum absolute atomic E-state index is 13.6. The fourth-order valence-electron chi connectivity index (χ4n) is 4.31. The molecule has 0 bridgehead atoms. The molecule has 0 radical (unpaired) electrons. The third-order valence-electron chi connectivity index (χ3n) is 6.45. The van der Waals surface area contributed by atoms with Crippen molar-refractivity contribution in [3.05, 3.63) is 62.6 Å². The number of amides is 2. The van der Waals surface area contributed by atoms with Crippen molar-refractivity contribution in [2.75, 3.05) is 17.1 Å². The van der Waals surface area contributed by atoms with E-state index in [2.05, 4.69) is 5.32 Å². The summed E-state index contributed by atoms with van der Waals surface area (Å²) in [6, 6.07) is 6.01. The molecule has 0 spiro atoms. The second kappa shape index (κ2) is 12.5. The van der Waals surface area contributed by atoms with Crippen LogP contribution in [0.15, 0.2) is 36.4 Å². The van der Waals surface area contributed by atoms with Gasteiger partial charge >= 0.3 is 6.18 Å². The molecule has 7 nitrogen and oxygen atoms in total. The molecular formula is C25H27Cl3F3N3O4S. The van der Waals surface area contributed by atoms with E-state index in [0.29, 0.717) is 21.0 Å². The van der Waals surface area contributed by atoms with Crippen LogP contribution in [-0.2, 0) is 32.3 Å². The summed E-state index contributed by atoms with van der Waals surface area (Å²) >= 11 is 18.0. The van der Waals surface area contributed by atoms with Gasteiger partial charge in [-0.1, -0.05) is 53.7 Å². The van der Waals surface area contributed by atoms with Crippen LogP contribution in [0, 0.1) is 0 Å². The predicted molar refractivity (Wildman–Crippen MR) is 146 cm³/mol. The first-order chi connectivity index (χ1) is 18.1. The highest BCUT2D eigenvalue weighted by Crippen LogP contribution is 2.37. The summed E-state index contributed by atoms with van der Waals surface area (Å²) in [6.45, 7) is 0.435. The summed E-state index contributed by atoms with van der Waals surface area (Å²) in [5, 5.41) is 2.85. The van der Waals surface area contributed by atoms with E-state index in [1.807, 2.05) is 0 Å². The summed E-state index contributed by atoms with van der Waals surface area (Å²) in [7, 11) is -4.24. The Morgan fingerprint density at radius 1 is 1.05 bits per heavy atom. The normalized spacial score (nSPS) is 15.2. The van der Waals surface area contributed by atoms with Gasteiger partial charge in [-0.25, -0.2) is 8.42 Å². The number of rotatable bonds is 9. The first-order valence-electron chi connectivity index (χ1n) is 12.0. The first-order valence-corrected chi connectivity index (χ1v) is 14.9. The molecule has 2 aromatic rings. The van der Waals surface area contributed by atoms with Gasteiger partial charge in [0, 0.05) is 22.6 Å². The molecule has 1 atom stereocenters.